The SMILES string of the molecule is Cc1nn(CCC(=O)N2CCNC(C)C2C)c(C)c1[N+](=O)[O-].Cl. The molecule has 2 heterocycles. The van der Waals surface area contributed by atoms with Gasteiger partial charge in [0, 0.05) is 31.6 Å². The van der Waals surface area contributed by atoms with Crippen LogP contribution in [0, 0.1) is 24.0 Å². The van der Waals surface area contributed by atoms with Crippen molar-refractivity contribution in [1.82, 2.24) is 20.0 Å². The zero-order chi connectivity index (χ0) is 16.4. The summed E-state index contributed by atoms with van der Waals surface area (Å²) in [5.74, 6) is 0.0658. The second-order valence-corrected chi connectivity index (χ2v) is 5.82. The highest BCUT2D eigenvalue weighted by molar-refractivity contribution is 5.85. The average molecular weight is 346 g/mol. The molecule has 2 unspecified atom stereocenters. The molecule has 1 aliphatic rings. The van der Waals surface area contributed by atoms with Gasteiger partial charge in [0.1, 0.15) is 11.4 Å². The largest absolute Gasteiger partial charge is 0.337 e. The molecule has 0 saturated carbocycles. The van der Waals surface area contributed by atoms with Crippen LogP contribution in [0.4, 0.5) is 5.69 Å². The van der Waals surface area contributed by atoms with Crippen molar-refractivity contribution in [2.75, 3.05) is 13.1 Å². The lowest BCUT2D eigenvalue weighted by molar-refractivity contribution is -0.386. The van der Waals surface area contributed by atoms with Gasteiger partial charge in [-0.25, -0.2) is 0 Å². The molecule has 0 spiro atoms. The van der Waals surface area contributed by atoms with Gasteiger partial charge in [0.05, 0.1) is 11.5 Å². The van der Waals surface area contributed by atoms with E-state index in [1.54, 1.807) is 18.5 Å². The van der Waals surface area contributed by atoms with Crippen LogP contribution in [0.3, 0.4) is 0 Å². The summed E-state index contributed by atoms with van der Waals surface area (Å²) < 4.78 is 1.56. The molecular weight excluding hydrogens is 322 g/mol. The number of halogens is 1. The number of hydrogen-bond acceptors (Lipinski definition) is 5. The second kappa shape index (κ2) is 7.74. The van der Waals surface area contributed by atoms with Gasteiger partial charge in [0.2, 0.25) is 5.91 Å². The molecule has 2 rings (SSSR count). The summed E-state index contributed by atoms with van der Waals surface area (Å²) in [6, 6.07) is 0.420. The first-order chi connectivity index (χ1) is 10.3. The van der Waals surface area contributed by atoms with Crippen LogP contribution in [-0.2, 0) is 11.3 Å². The van der Waals surface area contributed by atoms with Crippen molar-refractivity contribution >= 4 is 24.0 Å². The molecule has 1 saturated heterocycles. The van der Waals surface area contributed by atoms with Gasteiger partial charge in [-0.05, 0) is 27.7 Å². The molecule has 1 amide bonds. The number of hydrogen-bond donors (Lipinski definition) is 1. The summed E-state index contributed by atoms with van der Waals surface area (Å²) in [5, 5.41) is 18.5. The number of amides is 1. The van der Waals surface area contributed by atoms with Crippen LogP contribution in [0.1, 0.15) is 31.7 Å². The summed E-state index contributed by atoms with van der Waals surface area (Å²) in [5.41, 5.74) is 0.924. The molecular formula is C14H24ClN5O3. The van der Waals surface area contributed by atoms with E-state index in [0.717, 1.165) is 6.54 Å². The van der Waals surface area contributed by atoms with Crippen LogP contribution >= 0.6 is 12.4 Å². The predicted molar refractivity (Wildman–Crippen MR) is 88.9 cm³/mol. The Bertz CT molecular complexity index is 589. The molecule has 1 aromatic heterocycles. The number of nitrogens with zero attached hydrogens (tertiary/aromatic N) is 4. The highest BCUT2D eigenvalue weighted by atomic mass is 35.5. The predicted octanol–water partition coefficient (Wildman–Crippen LogP) is 1.43. The number of carbonyl (C=O) groups is 1. The lowest BCUT2D eigenvalue weighted by Gasteiger charge is -2.38. The third-order valence-electron chi connectivity index (χ3n) is 4.42. The fraction of sp³-hybridized carbons (Fsp3) is 0.714. The van der Waals surface area contributed by atoms with E-state index in [-0.39, 0.29) is 36.1 Å². The first kappa shape index (κ1) is 19.4. The smallest absolute Gasteiger partial charge is 0.312 e. The molecule has 1 aromatic rings. The minimum absolute atomic E-state index is 0. The monoisotopic (exact) mass is 345 g/mol. The van der Waals surface area contributed by atoms with Gasteiger partial charge in [-0.2, -0.15) is 5.10 Å². The fourth-order valence-electron chi connectivity index (χ4n) is 2.92. The standard InChI is InChI=1S/C14H23N5O3.ClH/c1-9-11(3)17(8-6-15-9)13(20)5-7-18-12(4)14(19(21)22)10(2)16-18;/h9,11,15H,5-8H2,1-4H3;1H. The number of nitro groups is 1. The quantitative estimate of drug-likeness (QED) is 0.658. The zero-order valence-corrected chi connectivity index (χ0v) is 14.7. The Morgan fingerprint density at radius 1 is 1.43 bits per heavy atom. The molecule has 0 radical (unpaired) electrons. The number of carbonyl (C=O) groups excluding carboxylic acids is 1. The number of rotatable bonds is 4. The summed E-state index contributed by atoms with van der Waals surface area (Å²) in [6.07, 6.45) is 0.302. The molecule has 0 bridgehead atoms. The van der Waals surface area contributed by atoms with Crippen molar-refractivity contribution in [3.8, 4) is 0 Å². The minimum atomic E-state index is -0.421. The lowest BCUT2D eigenvalue weighted by atomic mass is 10.1. The molecule has 2 atom stereocenters. The Kier molecular flexibility index (Phi) is 6.52. The van der Waals surface area contributed by atoms with Crippen molar-refractivity contribution in [1.29, 1.82) is 0 Å². The highest BCUT2D eigenvalue weighted by Crippen LogP contribution is 2.22. The van der Waals surface area contributed by atoms with E-state index < -0.39 is 4.92 Å². The van der Waals surface area contributed by atoms with Crippen molar-refractivity contribution < 1.29 is 9.72 Å². The van der Waals surface area contributed by atoms with Crippen molar-refractivity contribution in [2.45, 2.75) is 52.7 Å². The van der Waals surface area contributed by atoms with E-state index in [0.29, 0.717) is 30.9 Å². The maximum Gasteiger partial charge on any atom is 0.312 e. The van der Waals surface area contributed by atoms with E-state index in [9.17, 15) is 14.9 Å². The van der Waals surface area contributed by atoms with Gasteiger partial charge in [-0.15, -0.1) is 12.4 Å². The highest BCUT2D eigenvalue weighted by Gasteiger charge is 2.28. The summed E-state index contributed by atoms with van der Waals surface area (Å²) in [6.45, 7) is 9.23. The van der Waals surface area contributed by atoms with E-state index in [1.807, 2.05) is 11.8 Å². The van der Waals surface area contributed by atoms with Gasteiger partial charge in [0.25, 0.3) is 0 Å². The molecule has 130 valence electrons. The van der Waals surface area contributed by atoms with Crippen LogP contribution in [0.15, 0.2) is 0 Å². The molecule has 8 nitrogen and oxygen atoms in total. The summed E-state index contributed by atoms with van der Waals surface area (Å²) in [7, 11) is 0. The fourth-order valence-corrected chi connectivity index (χ4v) is 2.92. The van der Waals surface area contributed by atoms with Gasteiger partial charge in [0.15, 0.2) is 0 Å². The van der Waals surface area contributed by atoms with Crippen LogP contribution in [0.25, 0.3) is 0 Å². The Hall–Kier alpha value is -1.67. The van der Waals surface area contributed by atoms with E-state index >= 15 is 0 Å². The second-order valence-electron chi connectivity index (χ2n) is 5.82. The minimum Gasteiger partial charge on any atom is -0.337 e. The molecule has 1 N–H and O–H groups in total. The van der Waals surface area contributed by atoms with Gasteiger partial charge in [-0.1, -0.05) is 0 Å². The molecule has 9 heteroatoms. The molecule has 0 aliphatic carbocycles. The number of aryl methyl sites for hydroxylation is 2. The lowest BCUT2D eigenvalue weighted by Crippen LogP contribution is -2.57. The first-order valence-electron chi connectivity index (χ1n) is 7.54. The van der Waals surface area contributed by atoms with Crippen LogP contribution in [-0.4, -0.2) is 50.7 Å². The van der Waals surface area contributed by atoms with E-state index in [1.165, 1.54) is 0 Å². The Balaban J connectivity index is 0.00000264. The normalized spacial score (nSPS) is 21.0. The van der Waals surface area contributed by atoms with Crippen molar-refractivity contribution in [3.63, 3.8) is 0 Å². The zero-order valence-electron chi connectivity index (χ0n) is 13.9. The molecule has 0 aromatic carbocycles. The van der Waals surface area contributed by atoms with E-state index in [2.05, 4.69) is 17.3 Å². The Morgan fingerprint density at radius 2 is 2.09 bits per heavy atom. The topological polar surface area (TPSA) is 93.3 Å². The first-order valence-corrected chi connectivity index (χ1v) is 7.54. The average Bonchev–Trinajstić information content (AvgIpc) is 2.73. The molecule has 23 heavy (non-hydrogen) atoms. The Morgan fingerprint density at radius 3 is 2.65 bits per heavy atom. The van der Waals surface area contributed by atoms with Gasteiger partial charge in [-0.3, -0.25) is 19.6 Å². The Labute approximate surface area is 141 Å². The van der Waals surface area contributed by atoms with Crippen LogP contribution in [0.5, 0.6) is 0 Å². The van der Waals surface area contributed by atoms with Crippen molar-refractivity contribution in [2.24, 2.45) is 0 Å². The molecule has 1 aliphatic heterocycles. The molecule has 1 fully saturated rings. The van der Waals surface area contributed by atoms with Crippen LogP contribution < -0.4 is 5.32 Å². The van der Waals surface area contributed by atoms with Gasteiger partial charge >= 0.3 is 5.69 Å². The van der Waals surface area contributed by atoms with Crippen LogP contribution in [0.2, 0.25) is 0 Å². The maximum atomic E-state index is 12.4. The maximum absolute atomic E-state index is 12.4. The summed E-state index contributed by atoms with van der Waals surface area (Å²) >= 11 is 0. The summed E-state index contributed by atoms with van der Waals surface area (Å²) in [4.78, 5) is 24.8. The third kappa shape index (κ3) is 4.00. The van der Waals surface area contributed by atoms with E-state index in [4.69, 9.17) is 0 Å². The number of aromatic nitrogens is 2. The van der Waals surface area contributed by atoms with Crippen molar-refractivity contribution in [3.05, 3.63) is 21.5 Å². The van der Waals surface area contributed by atoms with Gasteiger partial charge < -0.3 is 10.2 Å². The number of piperazine rings is 1. The number of nitrogens with one attached hydrogen (secondary N) is 1. The third-order valence-corrected chi connectivity index (χ3v) is 4.42.